The number of nitrogens with zero attached hydrogens (tertiary/aromatic N) is 1. The highest BCUT2D eigenvalue weighted by Gasteiger charge is 2.25. The maximum atomic E-state index is 12.2. The second-order valence-electron chi connectivity index (χ2n) is 6.16. The number of halogens is 1. The Labute approximate surface area is 169 Å². The smallest absolute Gasteiger partial charge is 0.363 e. The Morgan fingerprint density at radius 1 is 1.11 bits per heavy atom. The minimum absolute atomic E-state index is 0.200. The number of hydrogen-bond donors (Lipinski definition) is 0. The van der Waals surface area contributed by atoms with Gasteiger partial charge in [0.15, 0.2) is 17.2 Å². The van der Waals surface area contributed by atoms with E-state index in [-0.39, 0.29) is 11.6 Å². The van der Waals surface area contributed by atoms with E-state index in [1.165, 1.54) is 0 Å². The molecule has 2 aromatic carbocycles. The topological polar surface area (TPSA) is 57.1 Å². The third-order valence-corrected chi connectivity index (χ3v) is 4.38. The monoisotopic (exact) mass is 399 g/mol. The van der Waals surface area contributed by atoms with Crippen molar-refractivity contribution in [2.75, 3.05) is 13.2 Å². The van der Waals surface area contributed by atoms with Crippen molar-refractivity contribution in [1.82, 2.24) is 0 Å². The van der Waals surface area contributed by atoms with Crippen molar-refractivity contribution in [3.05, 3.63) is 64.3 Å². The maximum absolute atomic E-state index is 12.2. The Morgan fingerprint density at radius 2 is 1.93 bits per heavy atom. The van der Waals surface area contributed by atoms with E-state index in [0.717, 1.165) is 18.4 Å². The van der Waals surface area contributed by atoms with Gasteiger partial charge < -0.3 is 14.2 Å². The van der Waals surface area contributed by atoms with Crippen LogP contribution in [-0.2, 0) is 9.53 Å². The molecule has 0 aromatic heterocycles. The van der Waals surface area contributed by atoms with Crippen LogP contribution in [0.3, 0.4) is 0 Å². The zero-order valence-corrected chi connectivity index (χ0v) is 16.7. The fraction of sp³-hybridized carbons (Fsp3) is 0.273. The molecule has 0 fully saturated rings. The molecule has 0 aliphatic carbocycles. The van der Waals surface area contributed by atoms with E-state index < -0.39 is 5.97 Å². The van der Waals surface area contributed by atoms with Crippen molar-refractivity contribution in [3.8, 4) is 11.5 Å². The minimum Gasteiger partial charge on any atom is -0.490 e. The van der Waals surface area contributed by atoms with Crippen molar-refractivity contribution >= 4 is 29.5 Å². The first kappa shape index (κ1) is 20.0. The molecule has 2 aromatic rings. The molecule has 0 saturated heterocycles. The number of carbonyl (C=O) groups is 1. The number of rotatable bonds is 8. The van der Waals surface area contributed by atoms with Crippen molar-refractivity contribution < 1.29 is 19.0 Å². The highest BCUT2D eigenvalue weighted by atomic mass is 35.5. The lowest BCUT2D eigenvalue weighted by Gasteiger charge is -2.12. The number of unbranched alkanes of at least 4 members (excludes halogenated alkanes) is 1. The maximum Gasteiger partial charge on any atom is 0.363 e. The van der Waals surface area contributed by atoms with Crippen LogP contribution >= 0.6 is 11.6 Å². The van der Waals surface area contributed by atoms with Crippen LogP contribution in [0.5, 0.6) is 11.5 Å². The fourth-order valence-corrected chi connectivity index (χ4v) is 2.86. The molecule has 0 radical (unpaired) electrons. The molecule has 3 rings (SSSR count). The number of ether oxygens (including phenoxy) is 3. The summed E-state index contributed by atoms with van der Waals surface area (Å²) in [5.74, 6) is 1.00. The second-order valence-corrected chi connectivity index (χ2v) is 6.56. The first-order valence-corrected chi connectivity index (χ1v) is 9.67. The van der Waals surface area contributed by atoms with Crippen LogP contribution in [0.2, 0.25) is 5.02 Å². The van der Waals surface area contributed by atoms with Gasteiger partial charge in [-0.2, -0.15) is 0 Å². The Hall–Kier alpha value is -2.79. The Balaban J connectivity index is 1.86. The number of cyclic esters (lactones) is 1. The summed E-state index contributed by atoms with van der Waals surface area (Å²) in [4.78, 5) is 16.5. The van der Waals surface area contributed by atoms with Crippen LogP contribution in [0.1, 0.15) is 37.8 Å². The van der Waals surface area contributed by atoms with Gasteiger partial charge in [-0.05, 0) is 49.2 Å². The highest BCUT2D eigenvalue weighted by molar-refractivity contribution is 6.34. The molecule has 28 heavy (non-hydrogen) atoms. The lowest BCUT2D eigenvalue weighted by molar-refractivity contribution is -0.129. The second kappa shape index (κ2) is 9.42. The third-order valence-electron chi connectivity index (χ3n) is 4.05. The number of carbonyl (C=O) groups excluding carboxylic acids is 1. The molecular formula is C22H22ClNO4. The molecule has 6 heteroatoms. The van der Waals surface area contributed by atoms with Gasteiger partial charge in [0.1, 0.15) is 0 Å². The van der Waals surface area contributed by atoms with E-state index in [1.807, 2.05) is 31.2 Å². The summed E-state index contributed by atoms with van der Waals surface area (Å²) in [6.45, 7) is 5.17. The summed E-state index contributed by atoms with van der Waals surface area (Å²) in [5.41, 5.74) is 1.55. The summed E-state index contributed by atoms with van der Waals surface area (Å²) >= 11 is 6.16. The van der Waals surface area contributed by atoms with Gasteiger partial charge in [-0.1, -0.05) is 43.1 Å². The third kappa shape index (κ3) is 4.73. The summed E-state index contributed by atoms with van der Waals surface area (Å²) in [6, 6.07) is 12.6. The molecule has 0 atom stereocenters. The van der Waals surface area contributed by atoms with E-state index >= 15 is 0 Å². The van der Waals surface area contributed by atoms with Crippen LogP contribution in [0, 0.1) is 0 Å². The fourth-order valence-electron chi connectivity index (χ4n) is 2.65. The lowest BCUT2D eigenvalue weighted by atomic mass is 10.1. The molecule has 0 unspecified atom stereocenters. The van der Waals surface area contributed by atoms with Gasteiger partial charge in [0.25, 0.3) is 0 Å². The average Bonchev–Trinajstić information content (AvgIpc) is 3.04. The predicted molar refractivity (Wildman–Crippen MR) is 110 cm³/mol. The lowest BCUT2D eigenvalue weighted by Crippen LogP contribution is -2.05. The number of hydrogen-bond acceptors (Lipinski definition) is 5. The zero-order chi connectivity index (χ0) is 19.9. The predicted octanol–water partition coefficient (Wildman–Crippen LogP) is 5.26. The Kier molecular flexibility index (Phi) is 6.71. The van der Waals surface area contributed by atoms with Gasteiger partial charge in [-0.25, -0.2) is 9.79 Å². The molecule has 0 bridgehead atoms. The van der Waals surface area contributed by atoms with Crippen LogP contribution in [-0.4, -0.2) is 25.1 Å². The SMILES string of the molecule is CCCCOc1ccc(/C=C2\N=C(c3ccccc3Cl)OC2=O)cc1OCC. The Morgan fingerprint density at radius 3 is 2.68 bits per heavy atom. The van der Waals surface area contributed by atoms with Crippen molar-refractivity contribution in [3.63, 3.8) is 0 Å². The molecule has 5 nitrogen and oxygen atoms in total. The molecule has 0 N–H and O–H groups in total. The molecule has 0 amide bonds. The quantitative estimate of drug-likeness (QED) is 0.345. The van der Waals surface area contributed by atoms with E-state index in [9.17, 15) is 4.79 Å². The highest BCUT2D eigenvalue weighted by Crippen LogP contribution is 2.30. The van der Waals surface area contributed by atoms with Crippen LogP contribution in [0.4, 0.5) is 0 Å². The molecule has 0 saturated carbocycles. The molecule has 1 aliphatic heterocycles. The molecule has 1 heterocycles. The summed E-state index contributed by atoms with van der Waals surface area (Å²) < 4.78 is 16.7. The van der Waals surface area contributed by atoms with Crippen molar-refractivity contribution in [2.24, 2.45) is 4.99 Å². The molecular weight excluding hydrogens is 378 g/mol. The largest absolute Gasteiger partial charge is 0.490 e. The normalized spacial score (nSPS) is 14.8. The van der Waals surface area contributed by atoms with Crippen LogP contribution < -0.4 is 9.47 Å². The zero-order valence-electron chi connectivity index (χ0n) is 15.9. The van der Waals surface area contributed by atoms with Crippen molar-refractivity contribution in [1.29, 1.82) is 0 Å². The average molecular weight is 400 g/mol. The van der Waals surface area contributed by atoms with Gasteiger partial charge in [-0.3, -0.25) is 0 Å². The number of esters is 1. The molecule has 1 aliphatic rings. The summed E-state index contributed by atoms with van der Waals surface area (Å²) in [7, 11) is 0. The number of benzene rings is 2. The summed E-state index contributed by atoms with van der Waals surface area (Å²) in [6.07, 6.45) is 3.69. The van der Waals surface area contributed by atoms with E-state index in [0.29, 0.717) is 35.3 Å². The number of aliphatic imine (C=N–C) groups is 1. The van der Waals surface area contributed by atoms with Crippen LogP contribution in [0.25, 0.3) is 6.08 Å². The van der Waals surface area contributed by atoms with Gasteiger partial charge >= 0.3 is 5.97 Å². The van der Waals surface area contributed by atoms with Gasteiger partial charge in [0, 0.05) is 0 Å². The van der Waals surface area contributed by atoms with Gasteiger partial charge in [0.2, 0.25) is 5.90 Å². The molecule has 0 spiro atoms. The first-order chi connectivity index (χ1) is 13.6. The Bertz CT molecular complexity index is 921. The van der Waals surface area contributed by atoms with Crippen LogP contribution in [0.15, 0.2) is 53.2 Å². The molecule has 146 valence electrons. The van der Waals surface area contributed by atoms with E-state index in [2.05, 4.69) is 11.9 Å². The summed E-state index contributed by atoms with van der Waals surface area (Å²) in [5, 5.41) is 0.475. The standard InChI is InChI=1S/C22H22ClNO4/c1-3-5-12-27-19-11-10-15(14-20(19)26-4-2)13-18-22(25)28-21(24-18)16-8-6-7-9-17(16)23/h6-11,13-14H,3-5,12H2,1-2H3/b18-13-. The first-order valence-electron chi connectivity index (χ1n) is 9.29. The minimum atomic E-state index is -0.517. The van der Waals surface area contributed by atoms with Gasteiger partial charge in [-0.15, -0.1) is 0 Å². The van der Waals surface area contributed by atoms with Crippen molar-refractivity contribution in [2.45, 2.75) is 26.7 Å². The van der Waals surface area contributed by atoms with Gasteiger partial charge in [0.05, 0.1) is 23.8 Å². The van der Waals surface area contributed by atoms with E-state index in [1.54, 1.807) is 24.3 Å². The van der Waals surface area contributed by atoms with E-state index in [4.69, 9.17) is 25.8 Å².